The Morgan fingerprint density at radius 1 is 1.19 bits per heavy atom. The highest BCUT2D eigenvalue weighted by atomic mass is 32.2. The molecule has 172 valence electrons. The molecule has 1 aromatic heterocycles. The maximum atomic E-state index is 13.0. The van der Waals surface area contributed by atoms with E-state index in [0.29, 0.717) is 11.4 Å². The van der Waals surface area contributed by atoms with Gasteiger partial charge in [-0.15, -0.1) is 11.3 Å². The van der Waals surface area contributed by atoms with E-state index in [1.807, 2.05) is 0 Å². The molecule has 0 saturated carbocycles. The van der Waals surface area contributed by atoms with Crippen LogP contribution in [0, 0.1) is 5.82 Å². The van der Waals surface area contributed by atoms with Gasteiger partial charge in [-0.2, -0.15) is 4.31 Å². The number of nitrogens with zero attached hydrogens (tertiary/aromatic N) is 1. The third-order valence-corrected chi connectivity index (χ3v) is 7.93. The largest absolute Gasteiger partial charge is 0.455 e. The monoisotopic (exact) mass is 483 g/mol. The molecule has 12 heteroatoms. The SMILES string of the molecule is CN(CC(=O)OCC(=O)Nc1sc2c(c1C(N)=O)CCCC2)S(=O)(=O)c1ccc(F)cc1. The quantitative estimate of drug-likeness (QED) is 0.548. The molecular formula is C20H22FN3O6S2. The average molecular weight is 484 g/mol. The second-order valence-corrected chi connectivity index (χ2v) is 10.4. The number of aryl methyl sites for hydroxylation is 1. The normalized spacial score (nSPS) is 13.5. The zero-order valence-corrected chi connectivity index (χ0v) is 18.9. The molecule has 0 saturated heterocycles. The van der Waals surface area contributed by atoms with Gasteiger partial charge in [0.15, 0.2) is 6.61 Å². The number of nitrogens with one attached hydrogen (secondary N) is 1. The van der Waals surface area contributed by atoms with Crippen molar-refractivity contribution in [1.82, 2.24) is 4.31 Å². The first-order valence-corrected chi connectivity index (χ1v) is 12.0. The summed E-state index contributed by atoms with van der Waals surface area (Å²) in [6.07, 6.45) is 3.44. The summed E-state index contributed by atoms with van der Waals surface area (Å²) >= 11 is 1.28. The lowest BCUT2D eigenvalue weighted by molar-refractivity contribution is -0.147. The summed E-state index contributed by atoms with van der Waals surface area (Å²) in [7, 11) is -2.88. The minimum Gasteiger partial charge on any atom is -0.455 e. The number of hydrogen-bond acceptors (Lipinski definition) is 7. The number of nitrogens with two attached hydrogens (primary N) is 1. The second-order valence-electron chi connectivity index (χ2n) is 7.20. The van der Waals surface area contributed by atoms with Crippen LogP contribution in [-0.2, 0) is 37.2 Å². The zero-order valence-electron chi connectivity index (χ0n) is 17.2. The van der Waals surface area contributed by atoms with Crippen LogP contribution in [0.25, 0.3) is 0 Å². The molecular weight excluding hydrogens is 461 g/mol. The topological polar surface area (TPSA) is 136 Å². The van der Waals surface area contributed by atoms with Crippen LogP contribution in [-0.4, -0.2) is 50.7 Å². The first-order valence-electron chi connectivity index (χ1n) is 9.71. The van der Waals surface area contributed by atoms with Gasteiger partial charge in [0, 0.05) is 11.9 Å². The zero-order chi connectivity index (χ0) is 23.5. The van der Waals surface area contributed by atoms with Crippen molar-refractivity contribution < 1.29 is 31.9 Å². The first kappa shape index (κ1) is 23.8. The Bertz CT molecular complexity index is 1140. The van der Waals surface area contributed by atoms with Crippen LogP contribution in [0.2, 0.25) is 0 Å². The molecule has 1 aromatic carbocycles. The number of primary amides is 1. The Labute approximate surface area is 188 Å². The predicted molar refractivity (Wildman–Crippen MR) is 115 cm³/mol. The number of anilines is 1. The lowest BCUT2D eigenvalue weighted by atomic mass is 9.95. The maximum Gasteiger partial charge on any atom is 0.321 e. The van der Waals surface area contributed by atoms with Gasteiger partial charge in [-0.3, -0.25) is 14.4 Å². The van der Waals surface area contributed by atoms with Crippen molar-refractivity contribution in [1.29, 1.82) is 0 Å². The van der Waals surface area contributed by atoms with Crippen molar-refractivity contribution in [3.05, 3.63) is 46.1 Å². The van der Waals surface area contributed by atoms with Crippen LogP contribution < -0.4 is 11.1 Å². The van der Waals surface area contributed by atoms with E-state index in [4.69, 9.17) is 10.5 Å². The molecule has 1 aliphatic carbocycles. The van der Waals surface area contributed by atoms with Crippen LogP contribution >= 0.6 is 11.3 Å². The number of likely N-dealkylation sites (N-methyl/N-ethyl adjacent to an activating group) is 1. The number of sulfonamides is 1. The molecule has 0 atom stereocenters. The number of carbonyl (C=O) groups is 3. The third-order valence-electron chi connectivity index (χ3n) is 4.91. The molecule has 0 fully saturated rings. The van der Waals surface area contributed by atoms with Crippen molar-refractivity contribution in [2.24, 2.45) is 5.73 Å². The van der Waals surface area contributed by atoms with Gasteiger partial charge in [0.25, 0.3) is 11.8 Å². The van der Waals surface area contributed by atoms with E-state index in [0.717, 1.165) is 65.3 Å². The lowest BCUT2D eigenvalue weighted by Crippen LogP contribution is -2.34. The molecule has 0 aliphatic heterocycles. The molecule has 2 aromatic rings. The molecule has 1 aliphatic rings. The smallest absolute Gasteiger partial charge is 0.321 e. The Balaban J connectivity index is 1.57. The fourth-order valence-electron chi connectivity index (χ4n) is 3.32. The Hall–Kier alpha value is -2.83. The summed E-state index contributed by atoms with van der Waals surface area (Å²) in [4.78, 5) is 37.0. The van der Waals surface area contributed by atoms with Gasteiger partial charge < -0.3 is 15.8 Å². The Kier molecular flexibility index (Phi) is 7.26. The van der Waals surface area contributed by atoms with E-state index < -0.39 is 46.8 Å². The number of amides is 2. The molecule has 3 N–H and O–H groups in total. The summed E-state index contributed by atoms with van der Waals surface area (Å²) in [6.45, 7) is -1.31. The van der Waals surface area contributed by atoms with Gasteiger partial charge in [-0.05, 0) is 55.5 Å². The van der Waals surface area contributed by atoms with Gasteiger partial charge in [0.1, 0.15) is 17.4 Å². The number of halogens is 1. The van der Waals surface area contributed by atoms with Gasteiger partial charge in [0.2, 0.25) is 10.0 Å². The third kappa shape index (κ3) is 5.31. The minimum absolute atomic E-state index is 0.187. The molecule has 0 spiro atoms. The standard InChI is InChI=1S/C20H22FN3O6S2/c1-24(32(28,29)13-8-6-12(21)7-9-13)10-17(26)30-11-16(25)23-20-18(19(22)27)14-4-2-3-5-15(14)31-20/h6-9H,2-5,10-11H2,1H3,(H2,22,27)(H,23,25). The minimum atomic E-state index is -4.04. The number of ether oxygens (including phenoxy) is 1. The summed E-state index contributed by atoms with van der Waals surface area (Å²) in [6, 6.07) is 4.14. The molecule has 0 bridgehead atoms. The van der Waals surface area contributed by atoms with E-state index in [2.05, 4.69) is 5.32 Å². The number of carbonyl (C=O) groups excluding carboxylic acids is 3. The fraction of sp³-hybridized carbons (Fsp3) is 0.350. The Morgan fingerprint density at radius 3 is 2.50 bits per heavy atom. The maximum absolute atomic E-state index is 13.0. The number of thiophene rings is 1. The van der Waals surface area contributed by atoms with Crippen LogP contribution in [0.3, 0.4) is 0 Å². The molecule has 1 heterocycles. The van der Waals surface area contributed by atoms with Crippen LogP contribution in [0.4, 0.5) is 9.39 Å². The van der Waals surface area contributed by atoms with Crippen molar-refractivity contribution in [2.75, 3.05) is 25.5 Å². The van der Waals surface area contributed by atoms with E-state index in [9.17, 15) is 27.2 Å². The van der Waals surface area contributed by atoms with E-state index >= 15 is 0 Å². The number of rotatable bonds is 8. The highest BCUT2D eigenvalue weighted by Gasteiger charge is 2.26. The van der Waals surface area contributed by atoms with Gasteiger partial charge in [-0.1, -0.05) is 0 Å². The lowest BCUT2D eigenvalue weighted by Gasteiger charge is -2.16. The molecule has 3 rings (SSSR count). The summed E-state index contributed by atoms with van der Waals surface area (Å²) in [5.41, 5.74) is 6.62. The molecule has 2 amide bonds. The first-order chi connectivity index (χ1) is 15.1. The molecule has 9 nitrogen and oxygen atoms in total. The van der Waals surface area contributed by atoms with Crippen LogP contribution in [0.1, 0.15) is 33.6 Å². The average Bonchev–Trinajstić information content (AvgIpc) is 3.10. The van der Waals surface area contributed by atoms with Crippen LogP contribution in [0.15, 0.2) is 29.2 Å². The van der Waals surface area contributed by atoms with Gasteiger partial charge in [0.05, 0.1) is 10.5 Å². The van der Waals surface area contributed by atoms with Crippen molar-refractivity contribution in [2.45, 2.75) is 30.6 Å². The Morgan fingerprint density at radius 2 is 1.84 bits per heavy atom. The van der Waals surface area contributed by atoms with Gasteiger partial charge in [-0.25, -0.2) is 12.8 Å². The molecule has 0 radical (unpaired) electrons. The highest BCUT2D eigenvalue weighted by molar-refractivity contribution is 7.89. The molecule has 0 unspecified atom stereocenters. The number of esters is 1. The molecule has 32 heavy (non-hydrogen) atoms. The number of benzene rings is 1. The number of hydrogen-bond donors (Lipinski definition) is 2. The summed E-state index contributed by atoms with van der Waals surface area (Å²) in [5.74, 6) is -2.86. The highest BCUT2D eigenvalue weighted by Crippen LogP contribution is 2.37. The van der Waals surface area contributed by atoms with Crippen LogP contribution in [0.5, 0.6) is 0 Å². The van der Waals surface area contributed by atoms with E-state index in [-0.39, 0.29) is 10.5 Å². The summed E-state index contributed by atoms with van der Waals surface area (Å²) in [5, 5.41) is 2.87. The summed E-state index contributed by atoms with van der Waals surface area (Å²) < 4.78 is 43.5. The van der Waals surface area contributed by atoms with E-state index in [1.165, 1.54) is 11.3 Å². The van der Waals surface area contributed by atoms with Crippen molar-refractivity contribution in [3.63, 3.8) is 0 Å². The van der Waals surface area contributed by atoms with Crippen molar-refractivity contribution in [3.8, 4) is 0 Å². The van der Waals surface area contributed by atoms with Crippen molar-refractivity contribution >= 4 is 44.1 Å². The predicted octanol–water partition coefficient (Wildman–Crippen LogP) is 1.67. The number of fused-ring (bicyclic) bond motifs is 1. The van der Waals surface area contributed by atoms with E-state index in [1.54, 1.807) is 0 Å². The fourth-order valence-corrected chi connectivity index (χ4v) is 5.75. The van der Waals surface area contributed by atoms with Gasteiger partial charge >= 0.3 is 5.97 Å². The second kappa shape index (κ2) is 9.76.